The van der Waals surface area contributed by atoms with E-state index < -0.39 is 0 Å². The van der Waals surface area contributed by atoms with Gasteiger partial charge >= 0.3 is 0 Å². The van der Waals surface area contributed by atoms with Gasteiger partial charge in [0.15, 0.2) is 0 Å². The summed E-state index contributed by atoms with van der Waals surface area (Å²) >= 11 is 0. The van der Waals surface area contributed by atoms with Crippen LogP contribution >= 0.6 is 0 Å². The number of fused-ring (bicyclic) bond motifs is 1. The van der Waals surface area contributed by atoms with Gasteiger partial charge < -0.3 is 9.88 Å². The van der Waals surface area contributed by atoms with Gasteiger partial charge in [0.05, 0.1) is 0 Å². The number of nitrogens with one attached hydrogen (secondary N) is 1. The Labute approximate surface area is 141 Å². The predicted molar refractivity (Wildman–Crippen MR) is 101 cm³/mol. The number of H-pyrrole nitrogens is 1. The maximum atomic E-state index is 12.9. The van der Waals surface area contributed by atoms with Crippen LogP contribution in [0.4, 0.5) is 5.69 Å². The maximum absolute atomic E-state index is 12.9. The summed E-state index contributed by atoms with van der Waals surface area (Å²) in [5.74, 6) is 0. The molecule has 1 fully saturated rings. The lowest BCUT2D eigenvalue weighted by Gasteiger charge is -2.30. The summed E-state index contributed by atoms with van der Waals surface area (Å²) in [6.07, 6.45) is 3.56. The Morgan fingerprint density at radius 1 is 0.958 bits per heavy atom. The smallest absolute Gasteiger partial charge is 0.272 e. The molecule has 2 aromatic carbocycles. The molecule has 1 aliphatic heterocycles. The second-order valence-corrected chi connectivity index (χ2v) is 6.64. The van der Waals surface area contributed by atoms with Gasteiger partial charge in [0.25, 0.3) is 5.56 Å². The Balaban J connectivity index is 2.04. The molecule has 122 valence electrons. The molecule has 3 aromatic rings. The molecule has 0 aliphatic carbocycles. The van der Waals surface area contributed by atoms with E-state index in [4.69, 9.17) is 0 Å². The molecule has 0 spiro atoms. The molecule has 0 bridgehead atoms. The lowest BCUT2D eigenvalue weighted by atomic mass is 9.97. The van der Waals surface area contributed by atoms with Crippen molar-refractivity contribution in [3.8, 4) is 11.1 Å². The van der Waals surface area contributed by atoms with Crippen molar-refractivity contribution in [3.05, 3.63) is 64.4 Å². The van der Waals surface area contributed by atoms with Crippen LogP contribution < -0.4 is 10.5 Å². The Hall–Kier alpha value is -2.55. The van der Waals surface area contributed by atoms with Crippen LogP contribution in [0.25, 0.3) is 22.0 Å². The Bertz CT molecular complexity index is 922. The van der Waals surface area contributed by atoms with E-state index >= 15 is 0 Å². The zero-order chi connectivity index (χ0) is 16.5. The third-order valence-electron chi connectivity index (χ3n) is 4.88. The first-order valence-electron chi connectivity index (χ1n) is 8.71. The summed E-state index contributed by atoms with van der Waals surface area (Å²) in [5, 5.41) is 1.12. The summed E-state index contributed by atoms with van der Waals surface area (Å²) in [6, 6.07) is 16.6. The number of rotatable bonds is 2. The summed E-state index contributed by atoms with van der Waals surface area (Å²) in [6.45, 7) is 3.97. The zero-order valence-electron chi connectivity index (χ0n) is 14.0. The second kappa shape index (κ2) is 6.16. The normalized spacial score (nSPS) is 15.0. The molecule has 0 radical (unpaired) electrons. The molecular weight excluding hydrogens is 296 g/mol. The molecule has 3 nitrogen and oxygen atoms in total. The minimum Gasteiger partial charge on any atom is -0.367 e. The van der Waals surface area contributed by atoms with Gasteiger partial charge in [-0.3, -0.25) is 4.79 Å². The van der Waals surface area contributed by atoms with Crippen LogP contribution in [0.2, 0.25) is 0 Å². The highest BCUT2D eigenvalue weighted by Gasteiger charge is 2.21. The Kier molecular flexibility index (Phi) is 3.85. The Morgan fingerprint density at radius 3 is 2.46 bits per heavy atom. The van der Waals surface area contributed by atoms with E-state index in [0.717, 1.165) is 59.2 Å². The van der Waals surface area contributed by atoms with Crippen molar-refractivity contribution in [3.63, 3.8) is 0 Å². The van der Waals surface area contributed by atoms with Crippen molar-refractivity contribution in [1.82, 2.24) is 4.98 Å². The minimum atomic E-state index is 0.0221. The monoisotopic (exact) mass is 318 g/mol. The van der Waals surface area contributed by atoms with Crippen LogP contribution in [-0.2, 0) is 0 Å². The lowest BCUT2D eigenvalue weighted by Crippen LogP contribution is -2.34. The fourth-order valence-corrected chi connectivity index (χ4v) is 3.72. The third kappa shape index (κ3) is 2.60. The molecule has 1 saturated heterocycles. The number of hydrogen-bond acceptors (Lipinski definition) is 2. The second-order valence-electron chi connectivity index (χ2n) is 6.64. The minimum absolute atomic E-state index is 0.0221. The van der Waals surface area contributed by atoms with E-state index in [2.05, 4.69) is 47.1 Å². The van der Waals surface area contributed by atoms with Gasteiger partial charge in [-0.15, -0.1) is 0 Å². The number of nitrogens with zero attached hydrogens (tertiary/aromatic N) is 1. The fraction of sp³-hybridized carbons (Fsp3) is 0.286. The van der Waals surface area contributed by atoms with Crippen molar-refractivity contribution in [2.75, 3.05) is 18.0 Å². The van der Waals surface area contributed by atoms with Crippen molar-refractivity contribution < 1.29 is 0 Å². The molecular formula is C21H22N2O. The molecule has 2 heterocycles. The van der Waals surface area contributed by atoms with Crippen molar-refractivity contribution in [1.29, 1.82) is 0 Å². The van der Waals surface area contributed by atoms with Crippen LogP contribution in [0, 0.1) is 6.92 Å². The third-order valence-corrected chi connectivity index (χ3v) is 4.88. The molecule has 4 rings (SSSR count). The van der Waals surface area contributed by atoms with Crippen LogP contribution in [0.5, 0.6) is 0 Å². The van der Waals surface area contributed by atoms with Crippen LogP contribution in [-0.4, -0.2) is 18.1 Å². The number of anilines is 1. The summed E-state index contributed by atoms with van der Waals surface area (Å²) in [4.78, 5) is 18.3. The highest BCUT2D eigenvalue weighted by Crippen LogP contribution is 2.35. The SMILES string of the molecule is Cc1ccc2c(-c3ccccc3)c(N3CCCCC3)c(=O)[nH]c2c1. The molecule has 3 heteroatoms. The largest absolute Gasteiger partial charge is 0.367 e. The van der Waals surface area contributed by atoms with Gasteiger partial charge in [-0.2, -0.15) is 0 Å². The van der Waals surface area contributed by atoms with Crippen LogP contribution in [0.15, 0.2) is 53.3 Å². The highest BCUT2D eigenvalue weighted by atomic mass is 16.1. The quantitative estimate of drug-likeness (QED) is 0.755. The fourth-order valence-electron chi connectivity index (χ4n) is 3.72. The standard InChI is InChI=1S/C21H22N2O/c1-15-10-11-17-18(14-15)22-21(24)20(23-12-6-3-7-13-23)19(17)16-8-4-2-5-9-16/h2,4-5,8-11,14H,3,6-7,12-13H2,1H3,(H,22,24). The number of aromatic amines is 1. The number of aromatic nitrogens is 1. The number of aryl methyl sites for hydroxylation is 1. The lowest BCUT2D eigenvalue weighted by molar-refractivity contribution is 0.577. The van der Waals surface area contributed by atoms with Gasteiger partial charge in [-0.05, 0) is 43.4 Å². The van der Waals surface area contributed by atoms with E-state index in [0.29, 0.717) is 0 Å². The molecule has 1 N–H and O–H groups in total. The van der Waals surface area contributed by atoms with Gasteiger partial charge in [0.1, 0.15) is 5.69 Å². The topological polar surface area (TPSA) is 36.1 Å². The van der Waals surface area contributed by atoms with Gasteiger partial charge in [0, 0.05) is 29.6 Å². The molecule has 0 amide bonds. The van der Waals surface area contributed by atoms with E-state index in [-0.39, 0.29) is 5.56 Å². The first kappa shape index (κ1) is 15.0. The number of benzene rings is 2. The summed E-state index contributed by atoms with van der Waals surface area (Å²) < 4.78 is 0. The van der Waals surface area contributed by atoms with Crippen molar-refractivity contribution in [2.24, 2.45) is 0 Å². The predicted octanol–water partition coefficient (Wildman–Crippen LogP) is 4.49. The van der Waals surface area contributed by atoms with Crippen molar-refractivity contribution >= 4 is 16.6 Å². The van der Waals surface area contributed by atoms with Gasteiger partial charge in [-0.25, -0.2) is 0 Å². The molecule has 0 saturated carbocycles. The molecule has 0 atom stereocenters. The molecule has 1 aromatic heterocycles. The highest BCUT2D eigenvalue weighted by molar-refractivity contribution is 6.01. The molecule has 1 aliphatic rings. The van der Waals surface area contributed by atoms with E-state index in [1.54, 1.807) is 0 Å². The summed E-state index contributed by atoms with van der Waals surface area (Å²) in [5.41, 5.74) is 5.10. The zero-order valence-corrected chi connectivity index (χ0v) is 14.0. The van der Waals surface area contributed by atoms with Gasteiger partial charge in [-0.1, -0.05) is 42.5 Å². The van der Waals surface area contributed by atoms with Crippen LogP contribution in [0.1, 0.15) is 24.8 Å². The van der Waals surface area contributed by atoms with Crippen molar-refractivity contribution in [2.45, 2.75) is 26.2 Å². The summed E-state index contributed by atoms with van der Waals surface area (Å²) in [7, 11) is 0. The molecule has 24 heavy (non-hydrogen) atoms. The first-order chi connectivity index (χ1) is 11.7. The van der Waals surface area contributed by atoms with E-state index in [9.17, 15) is 4.79 Å². The molecule has 0 unspecified atom stereocenters. The van der Waals surface area contributed by atoms with Crippen LogP contribution in [0.3, 0.4) is 0 Å². The Morgan fingerprint density at radius 2 is 1.71 bits per heavy atom. The number of hydrogen-bond donors (Lipinski definition) is 1. The van der Waals surface area contributed by atoms with Gasteiger partial charge in [0.2, 0.25) is 0 Å². The first-order valence-corrected chi connectivity index (χ1v) is 8.71. The average molecular weight is 318 g/mol. The maximum Gasteiger partial charge on any atom is 0.272 e. The van der Waals surface area contributed by atoms with E-state index in [1.165, 1.54) is 6.42 Å². The van der Waals surface area contributed by atoms with E-state index in [1.807, 2.05) is 18.2 Å². The number of piperidine rings is 1. The average Bonchev–Trinajstić information content (AvgIpc) is 2.62. The number of pyridine rings is 1.